The van der Waals surface area contributed by atoms with Crippen LogP contribution in [-0.2, 0) is 25.7 Å². The van der Waals surface area contributed by atoms with Crippen LogP contribution in [0, 0.1) is 5.92 Å². The molecule has 0 unspecified atom stereocenters. The molecule has 2 atom stereocenters. The van der Waals surface area contributed by atoms with Crippen molar-refractivity contribution in [1.29, 1.82) is 0 Å². The quantitative estimate of drug-likeness (QED) is 0.724. The number of ketones is 1. The molecule has 4 nitrogen and oxygen atoms in total. The van der Waals surface area contributed by atoms with Gasteiger partial charge in [-0.2, -0.15) is 0 Å². The number of hydrogen-bond donors (Lipinski definition) is 0. The van der Waals surface area contributed by atoms with Crippen molar-refractivity contribution < 1.29 is 19.1 Å². The summed E-state index contributed by atoms with van der Waals surface area (Å²) in [5.41, 5.74) is 0.946. The molecule has 4 heteroatoms. The third-order valence-corrected chi connectivity index (χ3v) is 2.80. The summed E-state index contributed by atoms with van der Waals surface area (Å²) < 4.78 is 10.2. The van der Waals surface area contributed by atoms with Crippen LogP contribution in [0.5, 0.6) is 0 Å². The zero-order valence-electron chi connectivity index (χ0n) is 10.9. The Morgan fingerprint density at radius 3 is 2.33 bits per heavy atom. The molecule has 0 aliphatic carbocycles. The van der Waals surface area contributed by atoms with Crippen LogP contribution in [0.4, 0.5) is 0 Å². The van der Waals surface area contributed by atoms with Gasteiger partial charge in [0, 0.05) is 0 Å². The van der Waals surface area contributed by atoms with Gasteiger partial charge in [-0.3, -0.25) is 4.79 Å². The van der Waals surface area contributed by atoms with Crippen molar-refractivity contribution >= 4 is 11.8 Å². The van der Waals surface area contributed by atoms with Crippen molar-refractivity contribution in [1.82, 2.24) is 0 Å². The number of Topliss-reactive ketones (excluding diaryl/α,β-unsaturated/α-hetero) is 1. The van der Waals surface area contributed by atoms with Crippen molar-refractivity contribution in [2.45, 2.75) is 26.6 Å². The highest BCUT2D eigenvalue weighted by molar-refractivity contribution is 5.86. The third-order valence-electron chi connectivity index (χ3n) is 2.80. The molecular weight excluding hydrogens is 232 g/mol. The third kappa shape index (κ3) is 3.96. The average molecular weight is 250 g/mol. The van der Waals surface area contributed by atoms with Crippen molar-refractivity contribution in [2.75, 3.05) is 7.11 Å². The average Bonchev–Trinajstić information content (AvgIpc) is 2.39. The van der Waals surface area contributed by atoms with Gasteiger partial charge in [0.05, 0.1) is 19.6 Å². The minimum absolute atomic E-state index is 0.0986. The van der Waals surface area contributed by atoms with Crippen LogP contribution in [0.25, 0.3) is 0 Å². The van der Waals surface area contributed by atoms with E-state index < -0.39 is 18.0 Å². The fourth-order valence-electron chi connectivity index (χ4n) is 1.51. The van der Waals surface area contributed by atoms with Gasteiger partial charge in [0.2, 0.25) is 0 Å². The molecule has 98 valence electrons. The Hall–Kier alpha value is -1.68. The Kier molecular flexibility index (Phi) is 5.52. The van der Waals surface area contributed by atoms with E-state index in [2.05, 4.69) is 4.74 Å². The maximum Gasteiger partial charge on any atom is 0.335 e. The number of carbonyl (C=O) groups is 2. The minimum atomic E-state index is -0.854. The van der Waals surface area contributed by atoms with Gasteiger partial charge in [0.25, 0.3) is 0 Å². The van der Waals surface area contributed by atoms with Gasteiger partial charge in [-0.1, -0.05) is 37.3 Å². The van der Waals surface area contributed by atoms with Crippen LogP contribution in [0.1, 0.15) is 19.4 Å². The second kappa shape index (κ2) is 6.91. The van der Waals surface area contributed by atoms with Gasteiger partial charge in [0.15, 0.2) is 6.10 Å². The normalized spacial score (nSPS) is 13.7. The van der Waals surface area contributed by atoms with Crippen molar-refractivity contribution in [2.24, 2.45) is 5.92 Å². The van der Waals surface area contributed by atoms with E-state index in [-0.39, 0.29) is 12.4 Å². The lowest BCUT2D eigenvalue weighted by atomic mass is 10.0. The van der Waals surface area contributed by atoms with Crippen LogP contribution < -0.4 is 0 Å². The fraction of sp³-hybridized carbons (Fsp3) is 0.429. The van der Waals surface area contributed by atoms with E-state index in [0.29, 0.717) is 0 Å². The lowest BCUT2D eigenvalue weighted by Gasteiger charge is -2.20. The van der Waals surface area contributed by atoms with Crippen LogP contribution in [0.2, 0.25) is 0 Å². The SMILES string of the molecule is COC(=O)[C@H](OCc1ccccc1)[C@@H](C)C(C)=O. The summed E-state index contributed by atoms with van der Waals surface area (Å²) in [6.45, 7) is 3.37. The summed E-state index contributed by atoms with van der Waals surface area (Å²) in [7, 11) is 1.29. The van der Waals surface area contributed by atoms with Crippen LogP contribution in [-0.4, -0.2) is 25.0 Å². The molecule has 0 saturated heterocycles. The molecule has 0 aliphatic heterocycles. The second-order valence-electron chi connectivity index (χ2n) is 4.14. The van der Waals surface area contributed by atoms with E-state index in [9.17, 15) is 9.59 Å². The fourth-order valence-corrected chi connectivity index (χ4v) is 1.51. The zero-order valence-corrected chi connectivity index (χ0v) is 10.9. The molecule has 0 N–H and O–H groups in total. The summed E-state index contributed by atoms with van der Waals surface area (Å²) >= 11 is 0. The molecule has 0 spiro atoms. The van der Waals surface area contributed by atoms with E-state index in [1.54, 1.807) is 6.92 Å². The maximum atomic E-state index is 11.6. The number of ether oxygens (including phenoxy) is 2. The molecule has 1 rings (SSSR count). The van der Waals surface area contributed by atoms with Gasteiger partial charge in [-0.25, -0.2) is 4.79 Å². The van der Waals surface area contributed by atoms with E-state index >= 15 is 0 Å². The Balaban J connectivity index is 2.68. The molecule has 0 aromatic heterocycles. The molecule has 0 saturated carbocycles. The Morgan fingerprint density at radius 2 is 1.83 bits per heavy atom. The number of rotatable bonds is 6. The minimum Gasteiger partial charge on any atom is -0.467 e. The lowest BCUT2D eigenvalue weighted by molar-refractivity contribution is -0.161. The first-order valence-electron chi connectivity index (χ1n) is 5.80. The second-order valence-corrected chi connectivity index (χ2v) is 4.14. The summed E-state index contributed by atoms with van der Waals surface area (Å²) in [6.07, 6.45) is -0.854. The van der Waals surface area contributed by atoms with Crippen LogP contribution in [0.15, 0.2) is 30.3 Å². The van der Waals surface area contributed by atoms with Gasteiger partial charge >= 0.3 is 5.97 Å². The monoisotopic (exact) mass is 250 g/mol. The molecule has 0 aliphatic rings. The first-order chi connectivity index (χ1) is 8.56. The first-order valence-corrected chi connectivity index (χ1v) is 5.80. The van der Waals surface area contributed by atoms with Crippen molar-refractivity contribution in [3.8, 4) is 0 Å². The topological polar surface area (TPSA) is 52.6 Å². The molecule has 18 heavy (non-hydrogen) atoms. The largest absolute Gasteiger partial charge is 0.467 e. The molecule has 1 aromatic carbocycles. The maximum absolute atomic E-state index is 11.6. The molecule has 0 amide bonds. The number of carbonyl (C=O) groups excluding carboxylic acids is 2. The van der Waals surface area contributed by atoms with E-state index in [1.807, 2.05) is 30.3 Å². The predicted molar refractivity (Wildman–Crippen MR) is 66.9 cm³/mol. The Bertz CT molecular complexity index is 400. The highest BCUT2D eigenvalue weighted by Crippen LogP contribution is 2.13. The van der Waals surface area contributed by atoms with E-state index in [1.165, 1.54) is 14.0 Å². The number of esters is 1. The summed E-state index contributed by atoms with van der Waals surface area (Å²) in [5.74, 6) is -1.13. The van der Waals surface area contributed by atoms with Crippen LogP contribution >= 0.6 is 0 Å². The number of benzene rings is 1. The number of methoxy groups -OCH3 is 1. The number of hydrogen-bond acceptors (Lipinski definition) is 4. The standard InChI is InChI=1S/C14H18O4/c1-10(11(2)15)13(14(16)17-3)18-9-12-7-5-4-6-8-12/h4-8,10,13H,9H2,1-3H3/t10-,13+/m0/s1. The van der Waals surface area contributed by atoms with Gasteiger partial charge in [-0.15, -0.1) is 0 Å². The zero-order chi connectivity index (χ0) is 13.5. The van der Waals surface area contributed by atoms with Crippen molar-refractivity contribution in [3.05, 3.63) is 35.9 Å². The highest BCUT2D eigenvalue weighted by atomic mass is 16.6. The molecule has 0 heterocycles. The van der Waals surface area contributed by atoms with Gasteiger partial charge in [0.1, 0.15) is 5.78 Å². The van der Waals surface area contributed by atoms with Crippen LogP contribution in [0.3, 0.4) is 0 Å². The predicted octanol–water partition coefficient (Wildman–Crippen LogP) is 1.97. The smallest absolute Gasteiger partial charge is 0.335 e. The van der Waals surface area contributed by atoms with E-state index in [0.717, 1.165) is 5.56 Å². The van der Waals surface area contributed by atoms with Gasteiger partial charge in [-0.05, 0) is 12.5 Å². The molecule has 0 fully saturated rings. The van der Waals surface area contributed by atoms with Crippen molar-refractivity contribution in [3.63, 3.8) is 0 Å². The lowest BCUT2D eigenvalue weighted by Crippen LogP contribution is -2.35. The van der Waals surface area contributed by atoms with E-state index in [4.69, 9.17) is 4.74 Å². The Labute approximate surface area is 107 Å². The molecule has 0 bridgehead atoms. The molecule has 0 radical (unpaired) electrons. The first kappa shape index (κ1) is 14.4. The summed E-state index contributed by atoms with van der Waals surface area (Å²) in [5, 5.41) is 0. The molecule has 1 aromatic rings. The highest BCUT2D eigenvalue weighted by Gasteiger charge is 2.29. The molecular formula is C14H18O4. The van der Waals surface area contributed by atoms with Gasteiger partial charge < -0.3 is 9.47 Å². The summed E-state index contributed by atoms with van der Waals surface area (Å²) in [4.78, 5) is 22.9. The summed E-state index contributed by atoms with van der Waals surface area (Å²) in [6, 6.07) is 9.47. The Morgan fingerprint density at radius 1 is 1.22 bits per heavy atom.